The van der Waals surface area contributed by atoms with Gasteiger partial charge in [0.1, 0.15) is 0 Å². The van der Waals surface area contributed by atoms with Gasteiger partial charge in [-0.15, -0.1) is 0 Å². The number of halogens is 2. The number of benzene rings is 2. The van der Waals surface area contributed by atoms with Crippen molar-refractivity contribution in [1.82, 2.24) is 5.32 Å². The molecule has 1 N–H and O–H groups in total. The Kier molecular flexibility index (Phi) is 4.54. The average Bonchev–Trinajstić information content (AvgIpc) is 2.42. The smallest absolute Gasteiger partial charge is 0.0603 e. The second-order valence-corrected chi connectivity index (χ2v) is 6.47. The zero-order valence-electron chi connectivity index (χ0n) is 12.1. The molecule has 1 aliphatic carbocycles. The quantitative estimate of drug-likeness (QED) is 0.776. The number of hydrogen-bond acceptors (Lipinski definition) is 1. The molecule has 0 radical (unpaired) electrons. The molecule has 21 heavy (non-hydrogen) atoms. The standard InChI is InChI=1S/C18H19Cl2N/c1-21-18(17-15(19)6-3-7-16(17)20)14-10-8-13(9-11-14)12-4-2-5-12/h3,6-12,18,21H,2,4-5H2,1H3. The van der Waals surface area contributed by atoms with Crippen LogP contribution in [0.3, 0.4) is 0 Å². The topological polar surface area (TPSA) is 12.0 Å². The zero-order chi connectivity index (χ0) is 14.8. The predicted molar refractivity (Wildman–Crippen MR) is 90.4 cm³/mol. The molecule has 110 valence electrons. The third kappa shape index (κ3) is 2.96. The molecule has 2 aromatic rings. The SMILES string of the molecule is CNC(c1ccc(C2CCC2)cc1)c1c(Cl)cccc1Cl. The van der Waals surface area contributed by atoms with Crippen LogP contribution in [0.5, 0.6) is 0 Å². The third-order valence-electron chi connectivity index (χ3n) is 4.42. The highest BCUT2D eigenvalue weighted by molar-refractivity contribution is 6.36. The molecule has 1 atom stereocenters. The van der Waals surface area contributed by atoms with Gasteiger partial charge >= 0.3 is 0 Å². The molecule has 1 saturated carbocycles. The molecule has 0 heterocycles. The van der Waals surface area contributed by atoms with Crippen molar-refractivity contribution in [2.75, 3.05) is 7.05 Å². The van der Waals surface area contributed by atoms with Crippen LogP contribution in [0.1, 0.15) is 47.9 Å². The second kappa shape index (κ2) is 6.39. The van der Waals surface area contributed by atoms with E-state index in [1.807, 2.05) is 25.2 Å². The van der Waals surface area contributed by atoms with Crippen molar-refractivity contribution in [3.8, 4) is 0 Å². The van der Waals surface area contributed by atoms with Gasteiger partial charge < -0.3 is 5.32 Å². The Morgan fingerprint density at radius 3 is 2.10 bits per heavy atom. The van der Waals surface area contributed by atoms with Crippen LogP contribution in [0.25, 0.3) is 0 Å². The van der Waals surface area contributed by atoms with Crippen LogP contribution >= 0.6 is 23.2 Å². The van der Waals surface area contributed by atoms with E-state index in [4.69, 9.17) is 23.2 Å². The molecule has 3 heteroatoms. The summed E-state index contributed by atoms with van der Waals surface area (Å²) in [6, 6.07) is 14.5. The van der Waals surface area contributed by atoms with Gasteiger partial charge in [0, 0.05) is 15.6 Å². The van der Waals surface area contributed by atoms with Crippen molar-refractivity contribution >= 4 is 23.2 Å². The van der Waals surface area contributed by atoms with Crippen LogP contribution < -0.4 is 5.32 Å². The first kappa shape index (κ1) is 14.9. The summed E-state index contributed by atoms with van der Waals surface area (Å²) in [5, 5.41) is 4.72. The molecule has 0 amide bonds. The first-order chi connectivity index (χ1) is 10.2. The van der Waals surface area contributed by atoms with Gasteiger partial charge in [-0.2, -0.15) is 0 Å². The molecule has 1 unspecified atom stereocenters. The van der Waals surface area contributed by atoms with E-state index < -0.39 is 0 Å². The van der Waals surface area contributed by atoms with Crippen LogP contribution in [0.4, 0.5) is 0 Å². The lowest BCUT2D eigenvalue weighted by atomic mass is 9.79. The van der Waals surface area contributed by atoms with Crippen molar-refractivity contribution in [3.63, 3.8) is 0 Å². The lowest BCUT2D eigenvalue weighted by Gasteiger charge is -2.26. The molecule has 3 rings (SSSR count). The summed E-state index contributed by atoms with van der Waals surface area (Å²) in [4.78, 5) is 0. The van der Waals surface area contributed by atoms with Crippen molar-refractivity contribution in [2.45, 2.75) is 31.2 Å². The fourth-order valence-electron chi connectivity index (χ4n) is 2.97. The average molecular weight is 320 g/mol. The first-order valence-electron chi connectivity index (χ1n) is 7.41. The normalized spacial score (nSPS) is 16.5. The van der Waals surface area contributed by atoms with E-state index in [0.717, 1.165) is 11.5 Å². The minimum atomic E-state index is 0.0154. The van der Waals surface area contributed by atoms with Gasteiger partial charge in [-0.05, 0) is 49.1 Å². The van der Waals surface area contributed by atoms with Crippen molar-refractivity contribution in [3.05, 3.63) is 69.2 Å². The monoisotopic (exact) mass is 319 g/mol. The Hall–Kier alpha value is -1.02. The van der Waals surface area contributed by atoms with Gasteiger partial charge in [-0.1, -0.05) is 60.0 Å². The molecule has 0 aliphatic heterocycles. The highest BCUT2D eigenvalue weighted by Crippen LogP contribution is 2.38. The Morgan fingerprint density at radius 1 is 1.00 bits per heavy atom. The molecule has 1 fully saturated rings. The van der Waals surface area contributed by atoms with Crippen LogP contribution in [-0.4, -0.2) is 7.05 Å². The van der Waals surface area contributed by atoms with Gasteiger partial charge in [0.05, 0.1) is 6.04 Å². The van der Waals surface area contributed by atoms with Crippen molar-refractivity contribution in [2.24, 2.45) is 0 Å². The van der Waals surface area contributed by atoms with Gasteiger partial charge in [-0.3, -0.25) is 0 Å². The van der Waals surface area contributed by atoms with Gasteiger partial charge in [0.25, 0.3) is 0 Å². The summed E-state index contributed by atoms with van der Waals surface area (Å²) in [7, 11) is 1.93. The minimum absolute atomic E-state index is 0.0154. The fourth-order valence-corrected chi connectivity index (χ4v) is 3.58. The molecule has 0 spiro atoms. The fraction of sp³-hybridized carbons (Fsp3) is 0.333. The lowest BCUT2D eigenvalue weighted by molar-refractivity contribution is 0.419. The maximum Gasteiger partial charge on any atom is 0.0603 e. The Bertz CT molecular complexity index is 597. The summed E-state index contributed by atoms with van der Waals surface area (Å²) in [6.45, 7) is 0. The van der Waals surface area contributed by atoms with Crippen LogP contribution in [0, 0.1) is 0 Å². The first-order valence-corrected chi connectivity index (χ1v) is 8.17. The molecular formula is C18H19Cl2N. The Labute approximate surface area is 136 Å². The largest absolute Gasteiger partial charge is 0.309 e. The summed E-state index contributed by atoms with van der Waals surface area (Å²) in [5.74, 6) is 0.760. The lowest BCUT2D eigenvalue weighted by Crippen LogP contribution is -2.18. The molecule has 0 saturated heterocycles. The number of hydrogen-bond donors (Lipinski definition) is 1. The van der Waals surface area contributed by atoms with E-state index in [1.165, 1.54) is 30.4 Å². The summed E-state index contributed by atoms with van der Waals surface area (Å²) >= 11 is 12.7. The summed E-state index contributed by atoms with van der Waals surface area (Å²) in [6.07, 6.45) is 4.01. The van der Waals surface area contributed by atoms with Gasteiger partial charge in [0.2, 0.25) is 0 Å². The molecular weight excluding hydrogens is 301 g/mol. The van der Waals surface area contributed by atoms with Gasteiger partial charge in [0.15, 0.2) is 0 Å². The molecule has 0 bridgehead atoms. The number of rotatable bonds is 4. The Balaban J connectivity index is 1.92. The van der Waals surface area contributed by atoms with Crippen molar-refractivity contribution in [1.29, 1.82) is 0 Å². The van der Waals surface area contributed by atoms with E-state index in [2.05, 4.69) is 29.6 Å². The van der Waals surface area contributed by atoms with E-state index in [0.29, 0.717) is 10.0 Å². The van der Waals surface area contributed by atoms with E-state index in [1.54, 1.807) is 0 Å². The van der Waals surface area contributed by atoms with Crippen LogP contribution in [-0.2, 0) is 0 Å². The maximum atomic E-state index is 6.34. The van der Waals surface area contributed by atoms with E-state index in [9.17, 15) is 0 Å². The Morgan fingerprint density at radius 2 is 1.62 bits per heavy atom. The molecule has 1 nitrogen and oxygen atoms in total. The minimum Gasteiger partial charge on any atom is -0.309 e. The molecule has 1 aliphatic rings. The zero-order valence-corrected chi connectivity index (χ0v) is 13.6. The second-order valence-electron chi connectivity index (χ2n) is 5.65. The van der Waals surface area contributed by atoms with Crippen LogP contribution in [0.2, 0.25) is 10.0 Å². The summed E-state index contributed by atoms with van der Waals surface area (Å²) < 4.78 is 0. The van der Waals surface area contributed by atoms with Gasteiger partial charge in [-0.25, -0.2) is 0 Å². The molecule has 0 aromatic heterocycles. The number of nitrogens with one attached hydrogen (secondary N) is 1. The van der Waals surface area contributed by atoms with Crippen LogP contribution in [0.15, 0.2) is 42.5 Å². The van der Waals surface area contributed by atoms with Crippen molar-refractivity contribution < 1.29 is 0 Å². The molecule has 2 aromatic carbocycles. The summed E-state index contributed by atoms with van der Waals surface area (Å²) in [5.41, 5.74) is 3.58. The maximum absolute atomic E-state index is 6.34. The highest BCUT2D eigenvalue weighted by atomic mass is 35.5. The van der Waals surface area contributed by atoms with E-state index in [-0.39, 0.29) is 6.04 Å². The highest BCUT2D eigenvalue weighted by Gasteiger charge is 2.21. The van der Waals surface area contributed by atoms with E-state index >= 15 is 0 Å². The predicted octanol–water partition coefficient (Wildman–Crippen LogP) is 5.57. The third-order valence-corrected chi connectivity index (χ3v) is 5.08.